The smallest absolute Gasteiger partial charge is 0.410 e. The number of hydrogen-bond acceptors (Lipinski definition) is 4. The van der Waals surface area contributed by atoms with Crippen LogP contribution in [0.25, 0.3) is 10.4 Å². The van der Waals surface area contributed by atoms with Gasteiger partial charge in [0.1, 0.15) is 11.4 Å². The van der Waals surface area contributed by atoms with E-state index in [1.807, 2.05) is 39.0 Å². The zero-order chi connectivity index (χ0) is 16.9. The topological polar surface area (TPSA) is 38.8 Å². The van der Waals surface area contributed by atoms with E-state index in [1.54, 1.807) is 16.2 Å². The molecule has 1 fully saturated rings. The van der Waals surface area contributed by atoms with Crippen molar-refractivity contribution in [1.29, 1.82) is 0 Å². The van der Waals surface area contributed by atoms with Crippen LogP contribution in [0.15, 0.2) is 35.7 Å². The van der Waals surface area contributed by atoms with Gasteiger partial charge in [0.15, 0.2) is 5.60 Å². The highest BCUT2D eigenvalue weighted by molar-refractivity contribution is 7.13. The van der Waals surface area contributed by atoms with Gasteiger partial charge in [-0.1, -0.05) is 12.1 Å². The molecular formula is C19H21NO3S. The lowest BCUT2D eigenvalue weighted by Crippen LogP contribution is -2.41. The minimum absolute atomic E-state index is 0.265. The number of likely N-dealkylation sites (tertiary alicyclic amines) is 1. The van der Waals surface area contributed by atoms with Crippen molar-refractivity contribution in [2.45, 2.75) is 38.4 Å². The predicted molar refractivity (Wildman–Crippen MR) is 94.5 cm³/mol. The van der Waals surface area contributed by atoms with Crippen LogP contribution < -0.4 is 4.74 Å². The second-order valence-electron chi connectivity index (χ2n) is 7.41. The van der Waals surface area contributed by atoms with Gasteiger partial charge in [0.2, 0.25) is 0 Å². The number of para-hydroxylation sites is 1. The number of nitrogens with zero attached hydrogens (tertiary/aromatic N) is 1. The van der Waals surface area contributed by atoms with Gasteiger partial charge in [0, 0.05) is 29.0 Å². The Morgan fingerprint density at radius 2 is 2.08 bits per heavy atom. The molecule has 3 heterocycles. The maximum atomic E-state index is 12.4. The van der Waals surface area contributed by atoms with Crippen LogP contribution in [0, 0.1) is 0 Å². The molecule has 0 N–H and O–H groups in total. The van der Waals surface area contributed by atoms with Crippen molar-refractivity contribution >= 4 is 17.4 Å². The largest absolute Gasteiger partial charge is 0.480 e. The highest BCUT2D eigenvalue weighted by Gasteiger charge is 2.48. The van der Waals surface area contributed by atoms with Gasteiger partial charge in [0.25, 0.3) is 0 Å². The molecule has 0 radical (unpaired) electrons. The van der Waals surface area contributed by atoms with Gasteiger partial charge < -0.3 is 14.4 Å². The molecule has 1 amide bonds. The number of amides is 1. The molecule has 126 valence electrons. The first-order valence-corrected chi connectivity index (χ1v) is 9.10. The van der Waals surface area contributed by atoms with E-state index in [4.69, 9.17) is 9.47 Å². The van der Waals surface area contributed by atoms with Gasteiger partial charge in [-0.2, -0.15) is 0 Å². The number of hydrogen-bond donors (Lipinski definition) is 0. The third-order valence-electron chi connectivity index (χ3n) is 4.48. The van der Waals surface area contributed by atoms with E-state index in [1.165, 1.54) is 10.4 Å². The summed E-state index contributed by atoms with van der Waals surface area (Å²) in [7, 11) is 0. The Kier molecular flexibility index (Phi) is 3.39. The Hall–Kier alpha value is -2.01. The normalized spacial score (nSPS) is 22.0. The van der Waals surface area contributed by atoms with Crippen LogP contribution in [0.5, 0.6) is 5.75 Å². The fourth-order valence-electron chi connectivity index (χ4n) is 3.45. The summed E-state index contributed by atoms with van der Waals surface area (Å²) < 4.78 is 12.0. The Bertz CT molecular complexity index is 792. The molecule has 1 aromatic heterocycles. The maximum Gasteiger partial charge on any atom is 0.410 e. The van der Waals surface area contributed by atoms with E-state index in [2.05, 4.69) is 17.5 Å². The lowest BCUT2D eigenvalue weighted by Gasteiger charge is -2.35. The molecule has 2 aromatic rings. The van der Waals surface area contributed by atoms with Gasteiger partial charge in [-0.15, -0.1) is 11.3 Å². The third kappa shape index (κ3) is 2.47. The van der Waals surface area contributed by atoms with Crippen LogP contribution in [0.2, 0.25) is 0 Å². The Labute approximate surface area is 146 Å². The Morgan fingerprint density at radius 3 is 2.88 bits per heavy atom. The van der Waals surface area contributed by atoms with Gasteiger partial charge in [-0.3, -0.25) is 0 Å². The number of fused-ring (bicyclic) bond motifs is 4. The first-order chi connectivity index (χ1) is 11.4. The standard InChI is InChI=1S/C19H21NO3S/c1-18(2,3)23-17(21)20-10-9-19(12-20)14-8-11-24-16(14)13-6-4-5-7-15(13)22-19/h4-8,11H,9-10,12H2,1-3H3. The molecule has 0 saturated carbocycles. The molecular weight excluding hydrogens is 322 g/mol. The van der Waals surface area contributed by atoms with Gasteiger partial charge >= 0.3 is 6.09 Å². The molecule has 5 heteroatoms. The molecule has 1 saturated heterocycles. The highest BCUT2D eigenvalue weighted by Crippen LogP contribution is 2.51. The average Bonchev–Trinajstić information content (AvgIpc) is 3.14. The molecule has 1 unspecified atom stereocenters. The van der Waals surface area contributed by atoms with Gasteiger partial charge in [-0.05, 0) is 44.4 Å². The first-order valence-electron chi connectivity index (χ1n) is 8.22. The van der Waals surface area contributed by atoms with E-state index in [9.17, 15) is 4.79 Å². The first kappa shape index (κ1) is 15.5. The van der Waals surface area contributed by atoms with Crippen LogP contribution in [0.3, 0.4) is 0 Å². The SMILES string of the molecule is CC(C)(C)OC(=O)N1CCC2(C1)Oc1ccccc1-c1sccc12. The average molecular weight is 343 g/mol. The summed E-state index contributed by atoms with van der Waals surface area (Å²) in [6, 6.07) is 10.3. The van der Waals surface area contributed by atoms with Crippen molar-refractivity contribution in [1.82, 2.24) is 4.90 Å². The summed E-state index contributed by atoms with van der Waals surface area (Å²) in [5.41, 5.74) is 1.39. The van der Waals surface area contributed by atoms with E-state index in [-0.39, 0.29) is 6.09 Å². The van der Waals surface area contributed by atoms with Crippen molar-refractivity contribution < 1.29 is 14.3 Å². The minimum atomic E-state index is -0.486. The van der Waals surface area contributed by atoms with E-state index in [0.717, 1.165) is 17.7 Å². The molecule has 2 aliphatic heterocycles. The van der Waals surface area contributed by atoms with Gasteiger partial charge in [0.05, 0.1) is 6.54 Å². The van der Waals surface area contributed by atoms with E-state index >= 15 is 0 Å². The minimum Gasteiger partial charge on any atom is -0.480 e. The third-order valence-corrected chi connectivity index (χ3v) is 5.42. The second-order valence-corrected chi connectivity index (χ2v) is 8.32. The summed E-state index contributed by atoms with van der Waals surface area (Å²) >= 11 is 1.73. The molecule has 4 rings (SSSR count). The Balaban J connectivity index is 1.65. The lowest BCUT2D eigenvalue weighted by molar-refractivity contribution is 0.0199. The second kappa shape index (κ2) is 5.24. The number of carbonyl (C=O) groups is 1. The van der Waals surface area contributed by atoms with Crippen LogP contribution in [0.4, 0.5) is 4.79 Å². The van der Waals surface area contributed by atoms with Crippen LogP contribution in [0.1, 0.15) is 32.8 Å². The van der Waals surface area contributed by atoms with E-state index < -0.39 is 11.2 Å². The number of thiophene rings is 1. The lowest BCUT2D eigenvalue weighted by atomic mass is 9.88. The Morgan fingerprint density at radius 1 is 1.29 bits per heavy atom. The number of rotatable bonds is 0. The van der Waals surface area contributed by atoms with Gasteiger partial charge in [-0.25, -0.2) is 4.79 Å². The quantitative estimate of drug-likeness (QED) is 0.699. The zero-order valence-corrected chi connectivity index (χ0v) is 15.0. The molecule has 24 heavy (non-hydrogen) atoms. The summed E-state index contributed by atoms with van der Waals surface area (Å²) in [4.78, 5) is 15.5. The van der Waals surface area contributed by atoms with Crippen LogP contribution >= 0.6 is 11.3 Å². The van der Waals surface area contributed by atoms with Crippen LogP contribution in [-0.4, -0.2) is 29.7 Å². The predicted octanol–water partition coefficient (Wildman–Crippen LogP) is 4.64. The highest BCUT2D eigenvalue weighted by atomic mass is 32.1. The molecule has 1 spiro atoms. The molecule has 1 atom stereocenters. The van der Waals surface area contributed by atoms with Crippen molar-refractivity contribution in [2.24, 2.45) is 0 Å². The van der Waals surface area contributed by atoms with E-state index in [0.29, 0.717) is 13.1 Å². The molecule has 1 aromatic carbocycles. The molecule has 2 aliphatic rings. The summed E-state index contributed by atoms with van der Waals surface area (Å²) in [6.45, 7) is 6.84. The van der Waals surface area contributed by atoms with Crippen molar-refractivity contribution in [3.63, 3.8) is 0 Å². The molecule has 4 nitrogen and oxygen atoms in total. The van der Waals surface area contributed by atoms with Crippen molar-refractivity contribution in [3.05, 3.63) is 41.3 Å². The maximum absolute atomic E-state index is 12.4. The summed E-state index contributed by atoms with van der Waals surface area (Å²) in [5.74, 6) is 0.901. The fraction of sp³-hybridized carbons (Fsp3) is 0.421. The molecule has 0 bridgehead atoms. The number of ether oxygens (including phenoxy) is 2. The number of carbonyl (C=O) groups excluding carboxylic acids is 1. The van der Waals surface area contributed by atoms with Crippen molar-refractivity contribution in [3.8, 4) is 16.2 Å². The van der Waals surface area contributed by atoms with Crippen LogP contribution in [-0.2, 0) is 10.3 Å². The zero-order valence-electron chi connectivity index (χ0n) is 14.2. The molecule has 0 aliphatic carbocycles. The number of benzene rings is 1. The monoisotopic (exact) mass is 343 g/mol. The summed E-state index contributed by atoms with van der Waals surface area (Å²) in [5, 5.41) is 2.11. The fourth-order valence-corrected chi connectivity index (χ4v) is 4.47. The summed E-state index contributed by atoms with van der Waals surface area (Å²) in [6.07, 6.45) is 0.517. The van der Waals surface area contributed by atoms with Crippen molar-refractivity contribution in [2.75, 3.05) is 13.1 Å².